The van der Waals surface area contributed by atoms with E-state index in [-0.39, 0.29) is 29.5 Å². The number of nitrogens with two attached hydrogens (primary N) is 1. The maximum atomic E-state index is 13.7. The van der Waals surface area contributed by atoms with Crippen LogP contribution in [0.15, 0.2) is 12.1 Å². The maximum absolute atomic E-state index is 13.7. The van der Waals surface area contributed by atoms with Crippen molar-refractivity contribution in [1.82, 2.24) is 5.32 Å². The average Bonchev–Trinajstić information content (AvgIpc) is 2.36. The van der Waals surface area contributed by atoms with Gasteiger partial charge in [-0.15, -0.1) is 0 Å². The number of ether oxygens (including phenoxy) is 1. The zero-order valence-electron chi connectivity index (χ0n) is 11.5. The maximum Gasteiger partial charge on any atom is 0.340 e. The lowest BCUT2D eigenvalue weighted by atomic mass is 10.1. The largest absolute Gasteiger partial charge is 0.462 e. The van der Waals surface area contributed by atoms with Crippen molar-refractivity contribution in [3.63, 3.8) is 0 Å². The van der Waals surface area contributed by atoms with Crippen molar-refractivity contribution < 1.29 is 18.7 Å². The third-order valence-corrected chi connectivity index (χ3v) is 2.45. The second kappa shape index (κ2) is 7.32. The highest BCUT2D eigenvalue weighted by molar-refractivity contribution is 5.96. The minimum atomic E-state index is -0.602. The van der Waals surface area contributed by atoms with Gasteiger partial charge in [-0.3, -0.25) is 4.79 Å². The zero-order chi connectivity index (χ0) is 15.1. The van der Waals surface area contributed by atoms with E-state index in [1.54, 1.807) is 6.92 Å². The molecule has 0 aromatic heterocycles. The SMILES string of the molecule is CCOC(=O)c1cc(NCCNC(C)=O)c(F)cc1N. The number of anilines is 2. The van der Waals surface area contributed by atoms with Crippen LogP contribution in [-0.4, -0.2) is 31.6 Å². The van der Waals surface area contributed by atoms with Crippen molar-refractivity contribution in [2.24, 2.45) is 0 Å². The molecule has 0 saturated carbocycles. The van der Waals surface area contributed by atoms with Gasteiger partial charge in [0, 0.05) is 25.7 Å². The van der Waals surface area contributed by atoms with Gasteiger partial charge in [-0.25, -0.2) is 9.18 Å². The molecule has 0 radical (unpaired) electrons. The molecule has 110 valence electrons. The highest BCUT2D eigenvalue weighted by atomic mass is 19.1. The molecule has 1 rings (SSSR count). The number of nitrogen functional groups attached to an aromatic ring is 1. The van der Waals surface area contributed by atoms with Gasteiger partial charge in [-0.1, -0.05) is 0 Å². The van der Waals surface area contributed by atoms with Gasteiger partial charge in [0.2, 0.25) is 5.91 Å². The number of carbonyl (C=O) groups excluding carboxylic acids is 2. The van der Waals surface area contributed by atoms with Crippen LogP contribution < -0.4 is 16.4 Å². The van der Waals surface area contributed by atoms with Crippen molar-refractivity contribution in [3.8, 4) is 0 Å². The first-order chi connectivity index (χ1) is 9.45. The Kier molecular flexibility index (Phi) is 5.76. The standard InChI is InChI=1S/C13H18FN3O3/c1-3-20-13(19)9-6-12(10(14)7-11(9)15)17-5-4-16-8(2)18/h6-7,17H,3-5,15H2,1-2H3,(H,16,18). The van der Waals surface area contributed by atoms with E-state index in [1.165, 1.54) is 13.0 Å². The summed E-state index contributed by atoms with van der Waals surface area (Å²) in [5.74, 6) is -1.34. The number of amides is 1. The van der Waals surface area contributed by atoms with Crippen LogP contribution in [0.25, 0.3) is 0 Å². The van der Waals surface area contributed by atoms with Crippen LogP contribution in [0.2, 0.25) is 0 Å². The van der Waals surface area contributed by atoms with Crippen LogP contribution in [-0.2, 0) is 9.53 Å². The summed E-state index contributed by atoms with van der Waals surface area (Å²) in [5, 5.41) is 5.34. The first kappa shape index (κ1) is 15.7. The minimum Gasteiger partial charge on any atom is -0.462 e. The van der Waals surface area contributed by atoms with Crippen LogP contribution in [0, 0.1) is 5.82 Å². The second-order valence-corrected chi connectivity index (χ2v) is 4.05. The molecule has 7 heteroatoms. The number of hydrogen-bond donors (Lipinski definition) is 3. The average molecular weight is 283 g/mol. The van der Waals surface area contributed by atoms with Gasteiger partial charge >= 0.3 is 5.97 Å². The molecule has 1 aromatic carbocycles. The first-order valence-electron chi connectivity index (χ1n) is 6.20. The molecule has 0 aliphatic carbocycles. The summed E-state index contributed by atoms with van der Waals surface area (Å²) in [7, 11) is 0. The van der Waals surface area contributed by atoms with Crippen molar-refractivity contribution in [2.45, 2.75) is 13.8 Å². The fourth-order valence-electron chi connectivity index (χ4n) is 1.55. The number of hydrogen-bond acceptors (Lipinski definition) is 5. The molecule has 0 fully saturated rings. The van der Waals surface area contributed by atoms with E-state index in [0.29, 0.717) is 13.1 Å². The van der Waals surface area contributed by atoms with Gasteiger partial charge < -0.3 is 21.1 Å². The Hall–Kier alpha value is -2.31. The molecular weight excluding hydrogens is 265 g/mol. The summed E-state index contributed by atoms with van der Waals surface area (Å²) >= 11 is 0. The van der Waals surface area contributed by atoms with E-state index in [2.05, 4.69) is 10.6 Å². The molecule has 0 aliphatic rings. The summed E-state index contributed by atoms with van der Waals surface area (Å²) in [6.45, 7) is 3.93. The highest BCUT2D eigenvalue weighted by Crippen LogP contribution is 2.22. The van der Waals surface area contributed by atoms with Gasteiger partial charge in [0.15, 0.2) is 0 Å². The second-order valence-electron chi connectivity index (χ2n) is 4.05. The van der Waals surface area contributed by atoms with Crippen molar-refractivity contribution in [1.29, 1.82) is 0 Å². The number of halogens is 1. The normalized spacial score (nSPS) is 9.95. The van der Waals surface area contributed by atoms with Gasteiger partial charge in [0.25, 0.3) is 0 Å². The Bertz CT molecular complexity index is 506. The lowest BCUT2D eigenvalue weighted by Gasteiger charge is -2.11. The molecular formula is C13H18FN3O3. The third kappa shape index (κ3) is 4.42. The molecule has 20 heavy (non-hydrogen) atoms. The molecule has 0 saturated heterocycles. The van der Waals surface area contributed by atoms with E-state index in [1.807, 2.05) is 0 Å². The highest BCUT2D eigenvalue weighted by Gasteiger charge is 2.15. The first-order valence-corrected chi connectivity index (χ1v) is 6.20. The number of benzene rings is 1. The van der Waals surface area contributed by atoms with E-state index >= 15 is 0 Å². The summed E-state index contributed by atoms with van der Waals surface area (Å²) in [4.78, 5) is 22.3. The van der Waals surface area contributed by atoms with Crippen LogP contribution in [0.4, 0.5) is 15.8 Å². The molecule has 0 spiro atoms. The number of esters is 1. The van der Waals surface area contributed by atoms with Crippen LogP contribution >= 0.6 is 0 Å². The van der Waals surface area contributed by atoms with Crippen molar-refractivity contribution in [2.75, 3.05) is 30.7 Å². The topological polar surface area (TPSA) is 93.5 Å². The van der Waals surface area contributed by atoms with Crippen LogP contribution in [0.1, 0.15) is 24.2 Å². The van der Waals surface area contributed by atoms with Gasteiger partial charge in [-0.2, -0.15) is 0 Å². The van der Waals surface area contributed by atoms with Crippen LogP contribution in [0.5, 0.6) is 0 Å². The number of rotatable bonds is 6. The Morgan fingerprint density at radius 1 is 1.35 bits per heavy atom. The summed E-state index contributed by atoms with van der Waals surface area (Å²) in [6, 6.07) is 2.36. The molecule has 4 N–H and O–H groups in total. The third-order valence-electron chi connectivity index (χ3n) is 2.45. The van der Waals surface area contributed by atoms with Gasteiger partial charge in [0.05, 0.1) is 17.9 Å². The quantitative estimate of drug-likeness (QED) is 0.413. The van der Waals surface area contributed by atoms with E-state index in [0.717, 1.165) is 6.07 Å². The molecule has 1 aromatic rings. The molecule has 0 bridgehead atoms. The van der Waals surface area contributed by atoms with E-state index in [4.69, 9.17) is 10.5 Å². The van der Waals surface area contributed by atoms with Gasteiger partial charge in [-0.05, 0) is 19.1 Å². The van der Waals surface area contributed by atoms with Gasteiger partial charge in [0.1, 0.15) is 5.82 Å². The lowest BCUT2D eigenvalue weighted by Crippen LogP contribution is -2.26. The fraction of sp³-hybridized carbons (Fsp3) is 0.385. The molecule has 0 atom stereocenters. The molecule has 1 amide bonds. The van der Waals surface area contributed by atoms with Crippen LogP contribution in [0.3, 0.4) is 0 Å². The molecule has 0 heterocycles. The monoisotopic (exact) mass is 283 g/mol. The Morgan fingerprint density at radius 3 is 2.65 bits per heavy atom. The molecule has 0 aliphatic heterocycles. The van der Waals surface area contributed by atoms with Crippen molar-refractivity contribution >= 4 is 23.3 Å². The summed E-state index contributed by atoms with van der Waals surface area (Å²) < 4.78 is 18.5. The van der Waals surface area contributed by atoms with E-state index < -0.39 is 11.8 Å². The Balaban J connectivity index is 2.78. The van der Waals surface area contributed by atoms with E-state index in [9.17, 15) is 14.0 Å². The number of carbonyl (C=O) groups is 2. The predicted molar refractivity (Wildman–Crippen MR) is 73.9 cm³/mol. The Morgan fingerprint density at radius 2 is 2.05 bits per heavy atom. The van der Waals surface area contributed by atoms with Crippen molar-refractivity contribution in [3.05, 3.63) is 23.5 Å². The Labute approximate surface area is 116 Å². The molecule has 6 nitrogen and oxygen atoms in total. The minimum absolute atomic E-state index is 0.0216. The zero-order valence-corrected chi connectivity index (χ0v) is 11.5. The summed E-state index contributed by atoms with van der Waals surface area (Å²) in [6.07, 6.45) is 0. The fourth-order valence-corrected chi connectivity index (χ4v) is 1.55. The lowest BCUT2D eigenvalue weighted by molar-refractivity contribution is -0.118. The smallest absolute Gasteiger partial charge is 0.340 e. The number of nitrogens with one attached hydrogen (secondary N) is 2. The summed E-state index contributed by atoms with van der Waals surface area (Å²) in [5.41, 5.74) is 5.85. The predicted octanol–water partition coefficient (Wildman–Crippen LogP) is 1.13. The molecule has 0 unspecified atom stereocenters.